The summed E-state index contributed by atoms with van der Waals surface area (Å²) in [6.07, 6.45) is 4.13. The highest BCUT2D eigenvalue weighted by atomic mass is 19.1. The van der Waals surface area contributed by atoms with Gasteiger partial charge in [0.15, 0.2) is 0 Å². The van der Waals surface area contributed by atoms with Crippen LogP contribution in [-0.2, 0) is 17.6 Å². The lowest BCUT2D eigenvalue weighted by atomic mass is 9.83. The summed E-state index contributed by atoms with van der Waals surface area (Å²) in [6, 6.07) is 14.4. The Kier molecular flexibility index (Phi) is 4.20. The normalized spacial score (nSPS) is 18.5. The van der Waals surface area contributed by atoms with Crippen LogP contribution in [0, 0.1) is 5.82 Å². The molecule has 0 aliphatic carbocycles. The quantitative estimate of drug-likeness (QED) is 0.834. The van der Waals surface area contributed by atoms with E-state index in [0.29, 0.717) is 6.42 Å². The summed E-state index contributed by atoms with van der Waals surface area (Å²) in [6.45, 7) is 1.45. The topological polar surface area (TPSA) is 29.5 Å². The number of piperidine rings is 1. The van der Waals surface area contributed by atoms with Crippen LogP contribution in [0.25, 0.3) is 0 Å². The fraction of sp³-hybridized carbons (Fsp3) is 0.381. The van der Waals surface area contributed by atoms with E-state index in [2.05, 4.69) is 12.1 Å². The van der Waals surface area contributed by atoms with Crippen LogP contribution in [0.3, 0.4) is 0 Å². The number of aryl methyl sites for hydroxylation is 1. The zero-order valence-corrected chi connectivity index (χ0v) is 14.2. The van der Waals surface area contributed by atoms with Gasteiger partial charge in [-0.2, -0.15) is 0 Å². The highest BCUT2D eigenvalue weighted by molar-refractivity contribution is 5.78. The predicted octanol–water partition coefficient (Wildman–Crippen LogP) is 3.75. The largest absolute Gasteiger partial charge is 0.487 e. The summed E-state index contributed by atoms with van der Waals surface area (Å²) in [5.74, 6) is 0.836. The van der Waals surface area contributed by atoms with Gasteiger partial charge in [0.2, 0.25) is 5.91 Å². The molecule has 0 atom stereocenters. The number of hydrogen-bond donors (Lipinski definition) is 0. The Labute approximate surface area is 147 Å². The first-order valence-electron chi connectivity index (χ1n) is 8.93. The van der Waals surface area contributed by atoms with E-state index >= 15 is 0 Å². The molecule has 1 spiro atoms. The highest BCUT2D eigenvalue weighted by Crippen LogP contribution is 2.39. The number of nitrogens with zero attached hydrogens (tertiary/aromatic N) is 1. The third-order valence-corrected chi connectivity index (χ3v) is 5.45. The predicted molar refractivity (Wildman–Crippen MR) is 94.0 cm³/mol. The van der Waals surface area contributed by atoms with Gasteiger partial charge in [0, 0.05) is 25.9 Å². The molecule has 1 amide bonds. The number of amides is 1. The van der Waals surface area contributed by atoms with E-state index in [1.807, 2.05) is 17.0 Å². The summed E-state index contributed by atoms with van der Waals surface area (Å²) in [5.41, 5.74) is 2.01. The number of benzene rings is 2. The second-order valence-corrected chi connectivity index (χ2v) is 7.08. The molecule has 0 bridgehead atoms. The maximum atomic E-state index is 13.0. The first-order valence-corrected chi connectivity index (χ1v) is 8.93. The number of halogens is 1. The van der Waals surface area contributed by atoms with E-state index in [4.69, 9.17) is 4.74 Å². The summed E-state index contributed by atoms with van der Waals surface area (Å²) >= 11 is 0. The van der Waals surface area contributed by atoms with Gasteiger partial charge in [-0.1, -0.05) is 30.3 Å². The smallest absolute Gasteiger partial charge is 0.226 e. The van der Waals surface area contributed by atoms with E-state index in [0.717, 1.165) is 50.1 Å². The second-order valence-electron chi connectivity index (χ2n) is 7.08. The summed E-state index contributed by atoms with van der Waals surface area (Å²) in [5, 5.41) is 0. The maximum Gasteiger partial charge on any atom is 0.226 e. The van der Waals surface area contributed by atoms with Crippen molar-refractivity contribution in [2.75, 3.05) is 13.1 Å². The molecule has 130 valence electrons. The van der Waals surface area contributed by atoms with Crippen LogP contribution in [0.1, 0.15) is 30.4 Å². The van der Waals surface area contributed by atoms with E-state index < -0.39 is 0 Å². The lowest BCUT2D eigenvalue weighted by molar-refractivity contribution is -0.134. The molecule has 0 radical (unpaired) electrons. The van der Waals surface area contributed by atoms with Crippen molar-refractivity contribution in [1.29, 1.82) is 0 Å². The summed E-state index contributed by atoms with van der Waals surface area (Å²) < 4.78 is 19.3. The molecule has 2 aromatic rings. The summed E-state index contributed by atoms with van der Waals surface area (Å²) in [7, 11) is 0. The molecule has 4 heteroatoms. The molecule has 1 saturated heterocycles. The van der Waals surface area contributed by atoms with Crippen molar-refractivity contribution >= 4 is 5.91 Å². The molecule has 2 aliphatic rings. The van der Waals surface area contributed by atoms with Crippen molar-refractivity contribution in [3.63, 3.8) is 0 Å². The van der Waals surface area contributed by atoms with Crippen molar-refractivity contribution in [2.45, 2.75) is 37.7 Å². The number of rotatable bonds is 2. The van der Waals surface area contributed by atoms with Gasteiger partial charge >= 0.3 is 0 Å². The van der Waals surface area contributed by atoms with Crippen molar-refractivity contribution in [3.05, 3.63) is 65.5 Å². The fourth-order valence-electron chi connectivity index (χ4n) is 3.86. The number of para-hydroxylation sites is 1. The Morgan fingerprint density at radius 2 is 1.76 bits per heavy atom. The third-order valence-electron chi connectivity index (χ3n) is 5.45. The molecular weight excluding hydrogens is 317 g/mol. The molecular formula is C21H22FNO2. The zero-order valence-electron chi connectivity index (χ0n) is 14.2. The van der Waals surface area contributed by atoms with Gasteiger partial charge in [0.1, 0.15) is 17.2 Å². The molecule has 2 heterocycles. The van der Waals surface area contributed by atoms with Crippen LogP contribution in [0.4, 0.5) is 4.39 Å². The van der Waals surface area contributed by atoms with Gasteiger partial charge in [0.25, 0.3) is 0 Å². The summed E-state index contributed by atoms with van der Waals surface area (Å²) in [4.78, 5) is 14.4. The van der Waals surface area contributed by atoms with Crippen molar-refractivity contribution in [3.8, 4) is 5.75 Å². The lowest BCUT2D eigenvalue weighted by Crippen LogP contribution is -2.51. The number of carbonyl (C=O) groups is 1. The Hall–Kier alpha value is -2.36. The van der Waals surface area contributed by atoms with Gasteiger partial charge < -0.3 is 9.64 Å². The molecule has 2 aromatic carbocycles. The van der Waals surface area contributed by atoms with E-state index in [9.17, 15) is 9.18 Å². The van der Waals surface area contributed by atoms with Gasteiger partial charge in [0.05, 0.1) is 6.42 Å². The Bertz CT molecular complexity index is 764. The van der Waals surface area contributed by atoms with Gasteiger partial charge in [-0.15, -0.1) is 0 Å². The minimum absolute atomic E-state index is 0.109. The average Bonchev–Trinajstić information content (AvgIpc) is 2.64. The van der Waals surface area contributed by atoms with Crippen LogP contribution in [0.2, 0.25) is 0 Å². The molecule has 0 N–H and O–H groups in total. The Morgan fingerprint density at radius 1 is 1.04 bits per heavy atom. The third kappa shape index (κ3) is 3.39. The van der Waals surface area contributed by atoms with Crippen molar-refractivity contribution in [1.82, 2.24) is 4.90 Å². The monoisotopic (exact) mass is 339 g/mol. The van der Waals surface area contributed by atoms with Gasteiger partial charge in [-0.05, 0) is 42.2 Å². The lowest BCUT2D eigenvalue weighted by Gasteiger charge is -2.44. The van der Waals surface area contributed by atoms with Crippen molar-refractivity contribution in [2.24, 2.45) is 0 Å². The number of carbonyl (C=O) groups excluding carboxylic acids is 1. The molecule has 0 unspecified atom stereocenters. The van der Waals surface area contributed by atoms with Crippen LogP contribution in [0.5, 0.6) is 5.75 Å². The Morgan fingerprint density at radius 3 is 2.52 bits per heavy atom. The van der Waals surface area contributed by atoms with Crippen molar-refractivity contribution < 1.29 is 13.9 Å². The van der Waals surface area contributed by atoms with Crippen LogP contribution >= 0.6 is 0 Å². The van der Waals surface area contributed by atoms with E-state index in [-0.39, 0.29) is 17.3 Å². The molecule has 25 heavy (non-hydrogen) atoms. The molecule has 3 nitrogen and oxygen atoms in total. The molecule has 4 rings (SSSR count). The SMILES string of the molecule is O=C(Cc1ccc(F)cc1)N1CCC2(CCc3ccccc3O2)CC1. The second kappa shape index (κ2) is 6.51. The fourth-order valence-corrected chi connectivity index (χ4v) is 3.86. The van der Waals surface area contributed by atoms with Gasteiger partial charge in [-0.25, -0.2) is 4.39 Å². The van der Waals surface area contributed by atoms with Crippen LogP contribution < -0.4 is 4.74 Å². The molecule has 0 aromatic heterocycles. The number of likely N-dealkylation sites (tertiary alicyclic amines) is 1. The first kappa shape index (κ1) is 16.1. The number of hydrogen-bond acceptors (Lipinski definition) is 2. The maximum absolute atomic E-state index is 13.0. The first-order chi connectivity index (χ1) is 12.1. The van der Waals surface area contributed by atoms with E-state index in [1.54, 1.807) is 12.1 Å². The van der Waals surface area contributed by atoms with Crippen LogP contribution in [-0.4, -0.2) is 29.5 Å². The standard InChI is InChI=1S/C21H22FNO2/c22-18-7-5-16(6-8-18)15-20(24)23-13-11-21(12-14-23)10-9-17-3-1-2-4-19(17)25-21/h1-8H,9-15H2. The minimum Gasteiger partial charge on any atom is -0.487 e. The minimum atomic E-state index is -0.272. The van der Waals surface area contributed by atoms with Crippen LogP contribution in [0.15, 0.2) is 48.5 Å². The van der Waals surface area contributed by atoms with E-state index in [1.165, 1.54) is 17.7 Å². The average molecular weight is 339 g/mol. The van der Waals surface area contributed by atoms with Gasteiger partial charge in [-0.3, -0.25) is 4.79 Å². The zero-order chi connectivity index (χ0) is 17.3. The number of ether oxygens (including phenoxy) is 1. The molecule has 2 aliphatic heterocycles. The Balaban J connectivity index is 1.37. The molecule has 0 saturated carbocycles. The number of fused-ring (bicyclic) bond motifs is 1. The highest BCUT2D eigenvalue weighted by Gasteiger charge is 2.40. The molecule has 1 fully saturated rings.